The smallest absolute Gasteiger partial charge is 0.270 e. The van der Waals surface area contributed by atoms with E-state index < -0.39 is 43.2 Å². The SMILES string of the molecule is NC(=O)c1c(CO)nn2c(C(=O)NC3CC(F)(F)C3)ccnc12. The van der Waals surface area contributed by atoms with Crippen molar-refractivity contribution in [3.05, 3.63) is 29.2 Å². The predicted octanol–water partition coefficient (Wildman–Crippen LogP) is -0.152. The van der Waals surface area contributed by atoms with Gasteiger partial charge in [0.05, 0.1) is 6.61 Å². The van der Waals surface area contributed by atoms with Gasteiger partial charge in [0.1, 0.15) is 17.0 Å². The lowest BCUT2D eigenvalue weighted by molar-refractivity contribution is -0.0901. The van der Waals surface area contributed by atoms with E-state index in [4.69, 9.17) is 5.73 Å². The van der Waals surface area contributed by atoms with Crippen molar-refractivity contribution < 1.29 is 23.5 Å². The van der Waals surface area contributed by atoms with Crippen LogP contribution >= 0.6 is 0 Å². The summed E-state index contributed by atoms with van der Waals surface area (Å²) in [6.45, 7) is -0.558. The normalized spacial score (nSPS) is 17.0. The van der Waals surface area contributed by atoms with Gasteiger partial charge in [-0.05, 0) is 6.07 Å². The molecule has 2 heterocycles. The van der Waals surface area contributed by atoms with Gasteiger partial charge in [0.2, 0.25) is 0 Å². The van der Waals surface area contributed by atoms with Crippen LogP contribution in [0.15, 0.2) is 12.3 Å². The molecule has 1 aliphatic rings. The van der Waals surface area contributed by atoms with Crippen LogP contribution in [-0.4, -0.2) is 43.5 Å². The number of aliphatic hydroxyl groups is 1. The van der Waals surface area contributed by atoms with E-state index in [0.29, 0.717) is 0 Å². The molecule has 0 aliphatic heterocycles. The molecule has 4 N–H and O–H groups in total. The van der Waals surface area contributed by atoms with Crippen molar-refractivity contribution in [1.82, 2.24) is 19.9 Å². The van der Waals surface area contributed by atoms with Gasteiger partial charge < -0.3 is 16.2 Å². The standard InChI is InChI=1S/C13H13F2N5O3/c14-13(15)3-6(4-13)18-12(23)8-1-2-17-11-9(10(16)22)7(5-21)19-20(8)11/h1-2,6,21H,3-5H2,(H2,16,22)(H,18,23). The number of rotatable bonds is 4. The molecule has 0 aromatic carbocycles. The number of aliphatic hydroxyl groups excluding tert-OH is 1. The minimum absolute atomic E-state index is 0.00687. The molecular formula is C13H13F2N5O3. The fourth-order valence-corrected chi connectivity index (χ4v) is 2.55. The second-order valence-electron chi connectivity index (χ2n) is 5.34. The maximum atomic E-state index is 12.8. The average Bonchev–Trinajstić information content (AvgIpc) is 2.83. The van der Waals surface area contributed by atoms with Gasteiger partial charge in [-0.1, -0.05) is 0 Å². The largest absolute Gasteiger partial charge is 0.390 e. The first kappa shape index (κ1) is 15.3. The molecule has 0 saturated heterocycles. The highest BCUT2D eigenvalue weighted by Gasteiger charge is 2.46. The van der Waals surface area contributed by atoms with Crippen molar-refractivity contribution in [2.24, 2.45) is 5.73 Å². The van der Waals surface area contributed by atoms with Crippen LogP contribution in [0.4, 0.5) is 8.78 Å². The highest BCUT2D eigenvalue weighted by Crippen LogP contribution is 2.37. The summed E-state index contributed by atoms with van der Waals surface area (Å²) in [7, 11) is 0. The second-order valence-corrected chi connectivity index (χ2v) is 5.34. The van der Waals surface area contributed by atoms with Gasteiger partial charge >= 0.3 is 0 Å². The number of halogens is 2. The maximum absolute atomic E-state index is 12.8. The van der Waals surface area contributed by atoms with E-state index in [2.05, 4.69) is 15.4 Å². The monoisotopic (exact) mass is 325 g/mol. The van der Waals surface area contributed by atoms with Crippen molar-refractivity contribution >= 4 is 17.5 Å². The third-order valence-corrected chi connectivity index (χ3v) is 3.65. The van der Waals surface area contributed by atoms with Crippen molar-refractivity contribution in [3.8, 4) is 0 Å². The fraction of sp³-hybridized carbons (Fsp3) is 0.385. The molecule has 0 bridgehead atoms. The number of amides is 2. The van der Waals surface area contributed by atoms with Crippen molar-refractivity contribution in [2.45, 2.75) is 31.4 Å². The number of carbonyl (C=O) groups excluding carboxylic acids is 2. The van der Waals surface area contributed by atoms with E-state index in [9.17, 15) is 23.5 Å². The number of aromatic nitrogens is 3. The Morgan fingerprint density at radius 2 is 2.17 bits per heavy atom. The Morgan fingerprint density at radius 3 is 2.74 bits per heavy atom. The van der Waals surface area contributed by atoms with Gasteiger partial charge in [0, 0.05) is 25.1 Å². The molecule has 0 spiro atoms. The second kappa shape index (κ2) is 5.23. The molecule has 8 nitrogen and oxygen atoms in total. The summed E-state index contributed by atoms with van der Waals surface area (Å²) in [4.78, 5) is 27.6. The van der Waals surface area contributed by atoms with Gasteiger partial charge in [-0.15, -0.1) is 0 Å². The van der Waals surface area contributed by atoms with Crippen LogP contribution in [0.2, 0.25) is 0 Å². The van der Waals surface area contributed by atoms with Gasteiger partial charge in [0.25, 0.3) is 17.7 Å². The first-order valence-electron chi connectivity index (χ1n) is 6.78. The third kappa shape index (κ3) is 2.61. The molecule has 0 unspecified atom stereocenters. The first-order valence-corrected chi connectivity index (χ1v) is 6.78. The summed E-state index contributed by atoms with van der Waals surface area (Å²) >= 11 is 0. The fourth-order valence-electron chi connectivity index (χ4n) is 2.55. The first-order chi connectivity index (χ1) is 10.8. The minimum atomic E-state index is -2.75. The molecular weight excluding hydrogens is 312 g/mol. The highest BCUT2D eigenvalue weighted by molar-refractivity contribution is 6.01. The summed E-state index contributed by atoms with van der Waals surface area (Å²) < 4.78 is 26.7. The molecule has 1 saturated carbocycles. The van der Waals surface area contributed by atoms with Gasteiger partial charge in [-0.25, -0.2) is 18.3 Å². The van der Waals surface area contributed by atoms with Gasteiger partial charge in [-0.2, -0.15) is 5.10 Å². The third-order valence-electron chi connectivity index (χ3n) is 3.65. The van der Waals surface area contributed by atoms with E-state index in [0.717, 1.165) is 4.52 Å². The van der Waals surface area contributed by atoms with Crippen LogP contribution < -0.4 is 11.1 Å². The zero-order chi connectivity index (χ0) is 16.8. The molecule has 2 aromatic heterocycles. The summed E-state index contributed by atoms with van der Waals surface area (Å²) in [6.07, 6.45) is 0.440. The molecule has 1 fully saturated rings. The topological polar surface area (TPSA) is 123 Å². The van der Waals surface area contributed by atoms with Crippen LogP contribution in [0.5, 0.6) is 0 Å². The Bertz CT molecular complexity index is 796. The van der Waals surface area contributed by atoms with Crippen LogP contribution in [0.1, 0.15) is 39.4 Å². The number of nitrogens with one attached hydrogen (secondary N) is 1. The number of hydrogen-bond donors (Lipinski definition) is 3. The minimum Gasteiger partial charge on any atom is -0.390 e. The van der Waals surface area contributed by atoms with E-state index in [1.807, 2.05) is 0 Å². The summed E-state index contributed by atoms with van der Waals surface area (Å²) in [5.41, 5.74) is 5.17. The Kier molecular flexibility index (Phi) is 3.48. The van der Waals surface area contributed by atoms with Crippen LogP contribution in [0.3, 0.4) is 0 Å². The lowest BCUT2D eigenvalue weighted by Crippen LogP contribution is -2.50. The number of carbonyl (C=O) groups is 2. The van der Waals surface area contributed by atoms with E-state index in [1.165, 1.54) is 12.3 Å². The summed E-state index contributed by atoms with van der Waals surface area (Å²) in [5.74, 6) is -4.21. The van der Waals surface area contributed by atoms with Gasteiger partial charge in [-0.3, -0.25) is 9.59 Å². The molecule has 0 atom stereocenters. The molecule has 2 amide bonds. The Balaban J connectivity index is 1.95. The summed E-state index contributed by atoms with van der Waals surface area (Å²) in [5, 5.41) is 15.7. The van der Waals surface area contributed by atoms with E-state index >= 15 is 0 Å². The molecule has 23 heavy (non-hydrogen) atoms. The molecule has 1 aliphatic carbocycles. The highest BCUT2D eigenvalue weighted by atomic mass is 19.3. The number of hydrogen-bond acceptors (Lipinski definition) is 5. The van der Waals surface area contributed by atoms with Crippen molar-refractivity contribution in [2.75, 3.05) is 0 Å². The quantitative estimate of drug-likeness (QED) is 0.721. The lowest BCUT2D eigenvalue weighted by Gasteiger charge is -2.35. The average molecular weight is 325 g/mol. The number of fused-ring (bicyclic) bond motifs is 1. The Morgan fingerprint density at radius 1 is 1.48 bits per heavy atom. The van der Waals surface area contributed by atoms with Crippen molar-refractivity contribution in [3.63, 3.8) is 0 Å². The Labute approximate surface area is 128 Å². The molecule has 10 heteroatoms. The number of primary amides is 1. The molecule has 3 rings (SSSR count). The van der Waals surface area contributed by atoms with Crippen LogP contribution in [0, 0.1) is 0 Å². The predicted molar refractivity (Wildman–Crippen MR) is 72.9 cm³/mol. The van der Waals surface area contributed by atoms with E-state index in [-0.39, 0.29) is 22.6 Å². The number of nitrogens with zero attached hydrogens (tertiary/aromatic N) is 3. The van der Waals surface area contributed by atoms with Crippen molar-refractivity contribution in [1.29, 1.82) is 0 Å². The molecule has 2 aromatic rings. The Hall–Kier alpha value is -2.62. The summed E-state index contributed by atoms with van der Waals surface area (Å²) in [6, 6.07) is 0.710. The number of nitrogens with two attached hydrogens (primary N) is 1. The maximum Gasteiger partial charge on any atom is 0.270 e. The van der Waals surface area contributed by atoms with Gasteiger partial charge in [0.15, 0.2) is 5.65 Å². The lowest BCUT2D eigenvalue weighted by atomic mass is 9.88. The van der Waals surface area contributed by atoms with Crippen LogP contribution in [-0.2, 0) is 6.61 Å². The van der Waals surface area contributed by atoms with E-state index in [1.54, 1.807) is 0 Å². The molecule has 122 valence electrons. The zero-order valence-corrected chi connectivity index (χ0v) is 11.8. The van der Waals surface area contributed by atoms with Crippen LogP contribution in [0.25, 0.3) is 5.65 Å². The molecule has 0 radical (unpaired) electrons. The zero-order valence-electron chi connectivity index (χ0n) is 11.8. The number of alkyl halides is 2.